The number of unbranched alkanes of at least 4 members (excludes halogenated alkanes) is 1. The van der Waals surface area contributed by atoms with Gasteiger partial charge >= 0.3 is 0 Å². The van der Waals surface area contributed by atoms with Gasteiger partial charge in [0.1, 0.15) is 0 Å². The van der Waals surface area contributed by atoms with Gasteiger partial charge in [-0.25, -0.2) is 0 Å². The zero-order chi connectivity index (χ0) is 21.2. The van der Waals surface area contributed by atoms with Crippen molar-refractivity contribution in [3.63, 3.8) is 0 Å². The number of carbonyl (C=O) groups excluding carboxylic acids is 3. The Morgan fingerprint density at radius 2 is 1.80 bits per heavy atom. The molecule has 0 spiro atoms. The number of piperazine rings is 1. The van der Waals surface area contributed by atoms with Crippen LogP contribution in [-0.2, 0) is 20.9 Å². The van der Waals surface area contributed by atoms with Crippen molar-refractivity contribution in [2.45, 2.75) is 19.4 Å². The number of amides is 3. The third-order valence-electron chi connectivity index (χ3n) is 4.79. The molecule has 3 rings (SSSR count). The lowest BCUT2D eigenvalue weighted by Crippen LogP contribution is -2.53. The minimum absolute atomic E-state index is 0.161. The lowest BCUT2D eigenvalue weighted by molar-refractivity contribution is -0.151. The molecule has 7 heteroatoms. The highest BCUT2D eigenvalue weighted by Crippen LogP contribution is 2.11. The molecule has 2 aromatic rings. The number of nitrogens with zero attached hydrogens (tertiary/aromatic N) is 3. The number of nitrogens with one attached hydrogen (secondary N) is 1. The van der Waals surface area contributed by atoms with Crippen LogP contribution >= 0.6 is 0 Å². The van der Waals surface area contributed by atoms with Crippen LogP contribution in [-0.4, -0.2) is 58.7 Å². The maximum Gasteiger partial charge on any atom is 0.243 e. The van der Waals surface area contributed by atoms with Gasteiger partial charge in [-0.2, -0.15) is 0 Å². The molecule has 0 bridgehead atoms. The maximum absolute atomic E-state index is 12.4. The molecule has 7 nitrogen and oxygen atoms in total. The SMILES string of the molecule is O=C(C=Cc1cccnc1)NCCCCN1C(=O)CN(Cc2ccccc2)CC1=O. The van der Waals surface area contributed by atoms with E-state index in [0.717, 1.165) is 11.1 Å². The second-order valence-corrected chi connectivity index (χ2v) is 7.19. The molecule has 0 aliphatic carbocycles. The Morgan fingerprint density at radius 1 is 1.03 bits per heavy atom. The molecule has 156 valence electrons. The molecule has 1 saturated heterocycles. The zero-order valence-electron chi connectivity index (χ0n) is 16.9. The quantitative estimate of drug-likeness (QED) is 0.391. The summed E-state index contributed by atoms with van der Waals surface area (Å²) in [7, 11) is 0. The van der Waals surface area contributed by atoms with E-state index in [-0.39, 0.29) is 30.8 Å². The second kappa shape index (κ2) is 11.0. The van der Waals surface area contributed by atoms with E-state index in [1.54, 1.807) is 18.5 Å². The van der Waals surface area contributed by atoms with Gasteiger partial charge < -0.3 is 5.32 Å². The molecule has 0 saturated carbocycles. The molecule has 2 heterocycles. The lowest BCUT2D eigenvalue weighted by Gasteiger charge is -2.32. The summed E-state index contributed by atoms with van der Waals surface area (Å²) in [6, 6.07) is 13.5. The van der Waals surface area contributed by atoms with E-state index in [4.69, 9.17) is 0 Å². The average molecular weight is 406 g/mol. The molecule has 1 fully saturated rings. The number of benzene rings is 1. The molecule has 30 heavy (non-hydrogen) atoms. The number of hydrogen-bond donors (Lipinski definition) is 1. The standard InChI is InChI=1S/C23H26N4O3/c28-21(11-10-19-9-6-12-24-15-19)25-13-4-5-14-27-22(29)17-26(18-23(27)30)16-20-7-2-1-3-8-20/h1-3,6-12,15H,4-5,13-14,16-18H2,(H,25,28). The van der Waals surface area contributed by atoms with Gasteiger partial charge in [-0.3, -0.25) is 29.2 Å². The summed E-state index contributed by atoms with van der Waals surface area (Å²) >= 11 is 0. The van der Waals surface area contributed by atoms with Gasteiger partial charge in [0.05, 0.1) is 13.1 Å². The molecule has 1 N–H and O–H groups in total. The Bertz CT molecular complexity index is 866. The number of carbonyl (C=O) groups is 3. The minimum atomic E-state index is -0.180. The van der Waals surface area contributed by atoms with Gasteiger partial charge in [0.25, 0.3) is 0 Å². The van der Waals surface area contributed by atoms with Crippen LogP contribution < -0.4 is 5.32 Å². The molecule has 0 unspecified atom stereocenters. The third kappa shape index (κ3) is 6.63. The predicted molar refractivity (Wildman–Crippen MR) is 114 cm³/mol. The highest BCUT2D eigenvalue weighted by atomic mass is 16.2. The topological polar surface area (TPSA) is 82.6 Å². The van der Waals surface area contributed by atoms with Crippen molar-refractivity contribution in [2.75, 3.05) is 26.2 Å². The van der Waals surface area contributed by atoms with Crippen molar-refractivity contribution in [2.24, 2.45) is 0 Å². The number of rotatable bonds is 9. The monoisotopic (exact) mass is 406 g/mol. The first-order chi connectivity index (χ1) is 14.6. The molecular formula is C23H26N4O3. The summed E-state index contributed by atoms with van der Waals surface area (Å²) in [6.07, 6.45) is 7.87. The predicted octanol–water partition coefficient (Wildman–Crippen LogP) is 1.86. The Labute approximate surface area is 176 Å². The fourth-order valence-electron chi connectivity index (χ4n) is 3.26. The first-order valence-corrected chi connectivity index (χ1v) is 10.1. The van der Waals surface area contributed by atoms with E-state index in [2.05, 4.69) is 10.3 Å². The van der Waals surface area contributed by atoms with E-state index in [1.807, 2.05) is 47.4 Å². The summed E-state index contributed by atoms with van der Waals surface area (Å²) < 4.78 is 0. The summed E-state index contributed by atoms with van der Waals surface area (Å²) in [6.45, 7) is 1.96. The third-order valence-corrected chi connectivity index (χ3v) is 4.79. The van der Waals surface area contributed by atoms with Crippen LogP contribution in [0.5, 0.6) is 0 Å². The van der Waals surface area contributed by atoms with Gasteiger partial charge in [0, 0.05) is 38.1 Å². The molecule has 0 radical (unpaired) electrons. The highest BCUT2D eigenvalue weighted by molar-refractivity contribution is 5.99. The fraction of sp³-hybridized carbons (Fsp3) is 0.304. The van der Waals surface area contributed by atoms with Gasteiger partial charge in [-0.05, 0) is 36.1 Å². The Morgan fingerprint density at radius 3 is 2.50 bits per heavy atom. The Kier molecular flexibility index (Phi) is 7.86. The van der Waals surface area contributed by atoms with Gasteiger partial charge in [0.2, 0.25) is 17.7 Å². The van der Waals surface area contributed by atoms with E-state index in [0.29, 0.717) is 32.5 Å². The Hall–Kier alpha value is -3.32. The highest BCUT2D eigenvalue weighted by Gasteiger charge is 2.30. The van der Waals surface area contributed by atoms with Crippen LogP contribution in [0.15, 0.2) is 60.9 Å². The number of imide groups is 1. The van der Waals surface area contributed by atoms with Crippen molar-refractivity contribution < 1.29 is 14.4 Å². The fourth-order valence-corrected chi connectivity index (χ4v) is 3.26. The summed E-state index contributed by atoms with van der Waals surface area (Å²) in [5, 5.41) is 2.80. The van der Waals surface area contributed by atoms with E-state index < -0.39 is 0 Å². The lowest BCUT2D eigenvalue weighted by atomic mass is 10.2. The molecule has 3 amide bonds. The van der Waals surface area contributed by atoms with Gasteiger partial charge in [-0.1, -0.05) is 36.4 Å². The summed E-state index contributed by atoms with van der Waals surface area (Å²) in [5.41, 5.74) is 1.94. The molecule has 1 aromatic heterocycles. The molecule has 1 aromatic carbocycles. The van der Waals surface area contributed by atoms with E-state index >= 15 is 0 Å². The van der Waals surface area contributed by atoms with Crippen molar-refractivity contribution in [3.8, 4) is 0 Å². The number of pyridine rings is 1. The van der Waals surface area contributed by atoms with Gasteiger partial charge in [0.15, 0.2) is 0 Å². The van der Waals surface area contributed by atoms with Crippen molar-refractivity contribution in [3.05, 3.63) is 72.1 Å². The molecular weight excluding hydrogens is 380 g/mol. The van der Waals surface area contributed by atoms with Crippen LogP contribution in [0.3, 0.4) is 0 Å². The van der Waals surface area contributed by atoms with Gasteiger partial charge in [-0.15, -0.1) is 0 Å². The molecule has 1 aliphatic rings. The summed E-state index contributed by atoms with van der Waals surface area (Å²) in [5.74, 6) is -0.503. The minimum Gasteiger partial charge on any atom is -0.353 e. The first kappa shape index (κ1) is 21.4. The number of aromatic nitrogens is 1. The van der Waals surface area contributed by atoms with Crippen LogP contribution in [0.4, 0.5) is 0 Å². The van der Waals surface area contributed by atoms with Crippen LogP contribution in [0.1, 0.15) is 24.0 Å². The molecule has 0 atom stereocenters. The molecule has 1 aliphatic heterocycles. The number of hydrogen-bond acceptors (Lipinski definition) is 5. The van der Waals surface area contributed by atoms with Crippen molar-refractivity contribution in [1.82, 2.24) is 20.1 Å². The largest absolute Gasteiger partial charge is 0.353 e. The van der Waals surface area contributed by atoms with E-state index in [9.17, 15) is 14.4 Å². The van der Waals surface area contributed by atoms with Crippen molar-refractivity contribution in [1.29, 1.82) is 0 Å². The smallest absolute Gasteiger partial charge is 0.243 e. The first-order valence-electron chi connectivity index (χ1n) is 10.1. The van der Waals surface area contributed by atoms with Crippen LogP contribution in [0.25, 0.3) is 6.08 Å². The van der Waals surface area contributed by atoms with Crippen LogP contribution in [0.2, 0.25) is 0 Å². The van der Waals surface area contributed by atoms with Crippen LogP contribution in [0, 0.1) is 0 Å². The normalized spacial score (nSPS) is 15.0. The van der Waals surface area contributed by atoms with Crippen molar-refractivity contribution >= 4 is 23.8 Å². The van der Waals surface area contributed by atoms with E-state index in [1.165, 1.54) is 11.0 Å². The average Bonchev–Trinajstić information content (AvgIpc) is 2.75. The zero-order valence-corrected chi connectivity index (χ0v) is 16.9. The maximum atomic E-state index is 12.4. The Balaban J connectivity index is 1.34. The summed E-state index contributed by atoms with van der Waals surface area (Å²) in [4.78, 5) is 43.8. The second-order valence-electron chi connectivity index (χ2n) is 7.19.